The molecule has 27 heavy (non-hydrogen) atoms. The van der Waals surface area contributed by atoms with Gasteiger partial charge in [-0.1, -0.05) is 0 Å². The van der Waals surface area contributed by atoms with Gasteiger partial charge in [0.1, 0.15) is 11.4 Å². The summed E-state index contributed by atoms with van der Waals surface area (Å²) < 4.78 is 70.6. The first-order valence-electron chi connectivity index (χ1n) is 7.66. The average molecular weight is 420 g/mol. The van der Waals surface area contributed by atoms with Gasteiger partial charge in [-0.15, -0.1) is 11.3 Å². The van der Waals surface area contributed by atoms with E-state index in [2.05, 4.69) is 14.8 Å². The fourth-order valence-electron chi connectivity index (χ4n) is 2.49. The summed E-state index contributed by atoms with van der Waals surface area (Å²) in [5.74, 6) is -0.101. The molecule has 0 saturated carbocycles. The van der Waals surface area contributed by atoms with E-state index in [0.717, 1.165) is 22.0 Å². The van der Waals surface area contributed by atoms with Crippen LogP contribution in [0.3, 0.4) is 0 Å². The van der Waals surface area contributed by atoms with Crippen LogP contribution >= 0.6 is 11.3 Å². The van der Waals surface area contributed by atoms with Crippen LogP contribution in [0.2, 0.25) is 0 Å². The molecule has 7 nitrogen and oxygen atoms in total. The fraction of sp³-hybridized carbons (Fsp3) is 0.333. The van der Waals surface area contributed by atoms with E-state index in [-0.39, 0.29) is 11.5 Å². The molecule has 12 heteroatoms. The normalized spacial score (nSPS) is 13.9. The second kappa shape index (κ2) is 6.77. The standard InChI is InChI=1S/C15H15F3N4O3S2/c1-7(14-8(2)26-9(3)19-14)22-27(23,24)13-5-4-11(25-13)10-6-12(21-20-10)15(16,17)18/h4-7,22H,1-3H3,(H,20,21). The van der Waals surface area contributed by atoms with Gasteiger partial charge in [-0.2, -0.15) is 23.0 Å². The van der Waals surface area contributed by atoms with Crippen LogP contribution in [0.5, 0.6) is 0 Å². The second-order valence-electron chi connectivity index (χ2n) is 5.80. The SMILES string of the molecule is Cc1nc(C(C)NS(=O)(=O)c2ccc(-c3cc(C(F)(F)F)[nH]n3)o2)c(C)s1. The zero-order valence-electron chi connectivity index (χ0n) is 14.4. The van der Waals surface area contributed by atoms with Crippen molar-refractivity contribution in [1.29, 1.82) is 0 Å². The average Bonchev–Trinajstić information content (AvgIpc) is 3.23. The van der Waals surface area contributed by atoms with Gasteiger partial charge in [0, 0.05) is 4.88 Å². The Morgan fingerprint density at radius 3 is 2.56 bits per heavy atom. The first-order chi connectivity index (χ1) is 12.5. The van der Waals surface area contributed by atoms with Crippen LogP contribution in [-0.4, -0.2) is 23.6 Å². The van der Waals surface area contributed by atoms with E-state index in [1.54, 1.807) is 6.92 Å². The van der Waals surface area contributed by atoms with Crippen molar-refractivity contribution in [2.24, 2.45) is 0 Å². The molecule has 0 aliphatic carbocycles. The van der Waals surface area contributed by atoms with Gasteiger partial charge in [0.05, 0.1) is 16.7 Å². The lowest BCUT2D eigenvalue weighted by atomic mass is 10.2. The summed E-state index contributed by atoms with van der Waals surface area (Å²) in [6.07, 6.45) is -4.59. The number of furan rings is 1. The highest BCUT2D eigenvalue weighted by Crippen LogP contribution is 2.31. The molecule has 146 valence electrons. The highest BCUT2D eigenvalue weighted by atomic mass is 32.2. The topological polar surface area (TPSA) is 101 Å². The van der Waals surface area contributed by atoms with Crippen LogP contribution < -0.4 is 4.72 Å². The molecule has 0 aliphatic rings. The van der Waals surface area contributed by atoms with Crippen molar-refractivity contribution in [1.82, 2.24) is 19.9 Å². The van der Waals surface area contributed by atoms with E-state index in [1.807, 2.05) is 18.9 Å². The van der Waals surface area contributed by atoms with E-state index in [9.17, 15) is 21.6 Å². The molecule has 3 heterocycles. The number of hydrogen-bond acceptors (Lipinski definition) is 6. The van der Waals surface area contributed by atoms with Crippen LogP contribution in [0.15, 0.2) is 27.7 Å². The predicted molar refractivity (Wildman–Crippen MR) is 91.6 cm³/mol. The molecule has 0 saturated heterocycles. The Bertz CT molecular complexity index is 1070. The Hall–Kier alpha value is -2.18. The molecule has 0 radical (unpaired) electrons. The number of rotatable bonds is 5. The van der Waals surface area contributed by atoms with Crippen LogP contribution in [0.1, 0.15) is 34.2 Å². The van der Waals surface area contributed by atoms with Gasteiger partial charge < -0.3 is 4.42 Å². The van der Waals surface area contributed by atoms with Crippen molar-refractivity contribution in [3.63, 3.8) is 0 Å². The number of sulfonamides is 1. The summed E-state index contributed by atoms with van der Waals surface area (Å²) in [7, 11) is -4.04. The monoisotopic (exact) mass is 420 g/mol. The number of thiazole rings is 1. The van der Waals surface area contributed by atoms with Gasteiger partial charge in [0.25, 0.3) is 10.0 Å². The number of nitrogens with zero attached hydrogens (tertiary/aromatic N) is 2. The largest absolute Gasteiger partial charge is 0.442 e. The summed E-state index contributed by atoms with van der Waals surface area (Å²) in [6.45, 7) is 5.30. The number of alkyl halides is 3. The third kappa shape index (κ3) is 4.06. The molecule has 0 bridgehead atoms. The molecule has 3 aromatic heterocycles. The molecule has 0 fully saturated rings. The van der Waals surface area contributed by atoms with E-state index in [0.29, 0.717) is 5.69 Å². The number of aryl methyl sites for hydroxylation is 2. The van der Waals surface area contributed by atoms with Gasteiger partial charge in [-0.25, -0.2) is 13.4 Å². The maximum Gasteiger partial charge on any atom is 0.432 e. The lowest BCUT2D eigenvalue weighted by Gasteiger charge is -2.11. The van der Waals surface area contributed by atoms with Gasteiger partial charge in [-0.05, 0) is 39.0 Å². The zero-order valence-corrected chi connectivity index (χ0v) is 16.0. The number of hydrogen-bond donors (Lipinski definition) is 2. The van der Waals surface area contributed by atoms with Crippen LogP contribution in [0.4, 0.5) is 13.2 Å². The Kier molecular flexibility index (Phi) is 4.91. The van der Waals surface area contributed by atoms with E-state index in [4.69, 9.17) is 4.42 Å². The summed E-state index contributed by atoms with van der Waals surface area (Å²) in [4.78, 5) is 5.19. The highest BCUT2D eigenvalue weighted by molar-refractivity contribution is 7.89. The molecule has 0 aromatic carbocycles. The molecule has 2 N–H and O–H groups in total. The molecular formula is C15H15F3N4O3S2. The minimum Gasteiger partial charge on any atom is -0.442 e. The molecule has 0 aliphatic heterocycles. The van der Waals surface area contributed by atoms with Crippen LogP contribution in [-0.2, 0) is 16.2 Å². The van der Waals surface area contributed by atoms with Gasteiger partial charge >= 0.3 is 6.18 Å². The lowest BCUT2D eigenvalue weighted by Crippen LogP contribution is -2.27. The quantitative estimate of drug-likeness (QED) is 0.654. The van der Waals surface area contributed by atoms with Crippen molar-refractivity contribution in [3.05, 3.63) is 39.5 Å². The summed E-state index contributed by atoms with van der Waals surface area (Å²) in [5.41, 5.74) is -0.600. The van der Waals surface area contributed by atoms with Crippen LogP contribution in [0.25, 0.3) is 11.5 Å². The Morgan fingerprint density at radius 1 is 1.30 bits per heavy atom. The Labute approximate surface area is 156 Å². The number of halogens is 3. The number of aromatic amines is 1. The minimum atomic E-state index is -4.59. The first kappa shape index (κ1) is 19.6. The number of aromatic nitrogens is 3. The molecule has 3 rings (SSSR count). The highest BCUT2D eigenvalue weighted by Gasteiger charge is 2.33. The van der Waals surface area contributed by atoms with E-state index < -0.39 is 33.0 Å². The Balaban J connectivity index is 1.82. The third-order valence-electron chi connectivity index (χ3n) is 3.66. The van der Waals surface area contributed by atoms with Gasteiger partial charge in [0.15, 0.2) is 5.76 Å². The molecule has 1 atom stereocenters. The Morgan fingerprint density at radius 2 is 2.00 bits per heavy atom. The van der Waals surface area contributed by atoms with Gasteiger partial charge in [-0.3, -0.25) is 5.10 Å². The predicted octanol–water partition coefficient (Wildman–Crippen LogP) is 3.80. The minimum absolute atomic E-state index is 0.101. The molecule has 0 spiro atoms. The summed E-state index contributed by atoms with van der Waals surface area (Å²) in [6, 6.07) is 2.54. The first-order valence-corrected chi connectivity index (χ1v) is 9.96. The lowest BCUT2D eigenvalue weighted by molar-refractivity contribution is -0.141. The molecule has 1 unspecified atom stereocenters. The maximum absolute atomic E-state index is 12.6. The molecule has 3 aromatic rings. The second-order valence-corrected chi connectivity index (χ2v) is 8.85. The van der Waals surface area contributed by atoms with E-state index >= 15 is 0 Å². The third-order valence-corrected chi connectivity index (χ3v) is 5.98. The summed E-state index contributed by atoms with van der Waals surface area (Å²) >= 11 is 1.45. The smallest absolute Gasteiger partial charge is 0.432 e. The van der Waals surface area contributed by atoms with Crippen molar-refractivity contribution in [2.75, 3.05) is 0 Å². The molecule has 0 amide bonds. The van der Waals surface area contributed by atoms with Crippen molar-refractivity contribution >= 4 is 21.4 Å². The number of nitrogens with one attached hydrogen (secondary N) is 2. The zero-order chi connectivity index (χ0) is 20.0. The molecular weight excluding hydrogens is 405 g/mol. The van der Waals surface area contributed by atoms with E-state index in [1.165, 1.54) is 17.4 Å². The van der Waals surface area contributed by atoms with Gasteiger partial charge in [0.2, 0.25) is 5.09 Å². The summed E-state index contributed by atoms with van der Waals surface area (Å²) in [5, 5.41) is 5.74. The van der Waals surface area contributed by atoms with Crippen molar-refractivity contribution < 1.29 is 26.0 Å². The number of H-pyrrole nitrogens is 1. The van der Waals surface area contributed by atoms with Crippen molar-refractivity contribution in [2.45, 2.75) is 38.1 Å². The fourth-order valence-corrected chi connectivity index (χ4v) is 4.54. The maximum atomic E-state index is 12.6. The van der Waals surface area contributed by atoms with Crippen molar-refractivity contribution in [3.8, 4) is 11.5 Å². The van der Waals surface area contributed by atoms with Crippen LogP contribution in [0, 0.1) is 13.8 Å².